The van der Waals surface area contributed by atoms with Crippen molar-refractivity contribution in [2.75, 3.05) is 92.9 Å². The van der Waals surface area contributed by atoms with Crippen LogP contribution in [0.4, 0.5) is 9.59 Å². The number of alkyl carbamates (subject to hydrolysis) is 2. The van der Waals surface area contributed by atoms with Crippen LogP contribution in [0.5, 0.6) is 46.0 Å². The number of fused-ring (bicyclic) bond motifs is 22. The number of nitrogens with one attached hydrogen (secondary N) is 6. The Morgan fingerprint density at radius 2 is 1.04 bits per heavy atom. The number of phenols is 2. The van der Waals surface area contributed by atoms with Gasteiger partial charge in [0.15, 0.2) is 57.1 Å². The van der Waals surface area contributed by atoms with E-state index in [4.69, 9.17) is 62.7 Å². The Hall–Kier alpha value is -10.4. The first kappa shape index (κ1) is 88.1. The Labute approximate surface area is 745 Å². The number of hydrogen-bond donors (Lipinski definition) is 10. The molecular formula is C90H102AgN12O20S2. The van der Waals surface area contributed by atoms with E-state index in [-0.39, 0.29) is 159 Å². The van der Waals surface area contributed by atoms with Crippen molar-refractivity contribution in [1.29, 1.82) is 5.26 Å². The van der Waals surface area contributed by atoms with Crippen molar-refractivity contribution in [3.8, 4) is 52.1 Å². The maximum Gasteiger partial charge on any atom is 0.407 e. The molecule has 1 radical (unpaired) electrons. The van der Waals surface area contributed by atoms with Gasteiger partial charge in [0.05, 0.1) is 61.9 Å². The second-order valence-electron chi connectivity index (χ2n) is 33.6. The first-order chi connectivity index (χ1) is 59.2. The number of nitrogens with zero attached hydrogens (tertiary/aromatic N) is 6. The van der Waals surface area contributed by atoms with Gasteiger partial charge in [0.1, 0.15) is 38.7 Å². The van der Waals surface area contributed by atoms with Crippen molar-refractivity contribution in [3.63, 3.8) is 0 Å². The maximum atomic E-state index is 15.3. The topological polar surface area (TPSA) is 401 Å². The number of aromatic nitrogens is 2. The fraction of sp³-hybridized carbons (Fsp3) is 0.456. The summed E-state index contributed by atoms with van der Waals surface area (Å²) in [6.07, 6.45) is 3.01. The Balaban J connectivity index is 0.000000174. The van der Waals surface area contributed by atoms with Crippen molar-refractivity contribution >= 4 is 69.5 Å². The smallest absolute Gasteiger partial charge is 0.407 e. The van der Waals surface area contributed by atoms with Crippen LogP contribution in [0.2, 0.25) is 0 Å². The number of phenolic OH excluding ortho intramolecular Hbond substituents is 2. The molecule has 2 aromatic heterocycles. The summed E-state index contributed by atoms with van der Waals surface area (Å²) in [5, 5.41) is 76.2. The minimum Gasteiger partial charge on any atom is -0.504 e. The molecule has 4 saturated heterocycles. The van der Waals surface area contributed by atoms with Crippen LogP contribution in [0.25, 0.3) is 21.8 Å². The van der Waals surface area contributed by atoms with E-state index in [1.54, 1.807) is 37.7 Å². The van der Waals surface area contributed by atoms with Crippen LogP contribution in [0, 0.1) is 63.0 Å². The zero-order chi connectivity index (χ0) is 86.4. The molecule has 10 N–H and O–H groups in total. The fourth-order valence-electron chi connectivity index (χ4n) is 22.3. The number of benzene rings is 6. The molecule has 22 rings (SSSR count). The molecule has 16 heterocycles. The third kappa shape index (κ3) is 13.9. The standard InChI is InChI=1S/C45H48N6O8S.C44H49N5O9S.CH4.Ag.HNO3/c1-7-12-56-44(54)47-17-25-15-27-26-10-8-9-11-28(26)48-42(27)45(49-25)19-60-41-32-22(3)23(4)39-40(59-20-58-39)34(32)31(18-57-43(45)53)51-30(16-46)29-14-24-13-21(2)38(55-6)37(52)33(24)35(36(41)51)50(29)5;1-7-12-55-43(53)45-16-24-15-26-25-10-8-9-11-27(25)46-40(26)44(47-24)18-59-39-30-21(3)22(4)37-38(58-19-57-37)32(30)29(17-56-42(44)52)49-34(39)33-31-23(14-28(41(49)51)48(33)5)13-20(2)36(54-6)35(31)50;;;2-1(3)4/h7-11,13,25,29-31,35-36,41,48-49,52H,1,12,14-15,17-20H2,2-6H3,(H,47,54);7-11,13,24,28-29,33-34,39,41,46-47,50-51H,1,12,14-19H2,2-6H3,(H,45,53);1H4;;(H,2,3,4)/t25-,29+,30+,31+,35-,36-,41-,45-;24-,28+,29+,33-,34-,39-,41+,44-;;;/m11.../s1. The van der Waals surface area contributed by atoms with Crippen LogP contribution < -0.4 is 49.7 Å². The number of thioether (sulfide) groups is 2. The van der Waals surface area contributed by atoms with Gasteiger partial charge in [-0.05, 0) is 160 Å². The second-order valence-corrected chi connectivity index (χ2v) is 35.9. The van der Waals surface area contributed by atoms with Crippen molar-refractivity contribution in [1.82, 2.24) is 50.8 Å². The number of esters is 2. The van der Waals surface area contributed by atoms with Gasteiger partial charge in [-0.1, -0.05) is 81.3 Å². The molecule has 35 heteroatoms. The molecule has 6 aromatic carbocycles. The quantitative estimate of drug-likeness (QED) is 0.0152. The molecule has 0 saturated carbocycles. The number of aliphatic hydroxyl groups excluding tert-OH is 1. The van der Waals surface area contributed by atoms with Gasteiger partial charge in [0.2, 0.25) is 13.6 Å². The van der Waals surface area contributed by atoms with E-state index >= 15 is 9.59 Å². The fourth-order valence-corrected chi connectivity index (χ4v) is 25.7. The molecule has 14 aliphatic rings. The third-order valence-corrected chi connectivity index (χ3v) is 30.5. The van der Waals surface area contributed by atoms with Crippen molar-refractivity contribution in [2.24, 2.45) is 0 Å². The molecule has 4 fully saturated rings. The van der Waals surface area contributed by atoms with Crippen LogP contribution >= 0.6 is 23.5 Å². The summed E-state index contributed by atoms with van der Waals surface area (Å²) >= 11 is 3.26. The molecule has 8 bridgehead atoms. The zero-order valence-corrected chi connectivity index (χ0v) is 73.1. The number of aliphatic hydroxyl groups is 1. The van der Waals surface area contributed by atoms with Crippen LogP contribution in [0.3, 0.4) is 0 Å². The monoisotopic (exact) mass is 1840 g/mol. The number of H-pyrrole nitrogens is 2. The number of carbonyl (C=O) groups is 4. The van der Waals surface area contributed by atoms with E-state index in [0.717, 1.165) is 122 Å². The largest absolute Gasteiger partial charge is 0.504 e. The van der Waals surface area contributed by atoms with E-state index in [2.05, 4.69) is 115 Å². The summed E-state index contributed by atoms with van der Waals surface area (Å²) < 4.78 is 60.1. The first-order valence-corrected chi connectivity index (χ1v) is 43.2. The van der Waals surface area contributed by atoms with Gasteiger partial charge >= 0.3 is 24.1 Å². The number of nitriles is 1. The number of para-hydroxylation sites is 2. The van der Waals surface area contributed by atoms with Crippen LogP contribution in [-0.4, -0.2) is 221 Å². The molecule has 32 nitrogen and oxygen atoms in total. The van der Waals surface area contributed by atoms with Gasteiger partial charge in [-0.25, -0.2) is 19.2 Å². The molecule has 0 unspecified atom stereocenters. The Bertz CT molecular complexity index is 5780. The molecule has 14 aliphatic heterocycles. The number of likely N-dealkylation sites (N-methyl/N-ethyl adjacent to an activating group) is 2. The van der Waals surface area contributed by atoms with E-state index in [0.29, 0.717) is 60.2 Å². The number of hydrogen-bond acceptors (Lipinski definition) is 28. The van der Waals surface area contributed by atoms with Crippen LogP contribution in [0.1, 0.15) is 142 Å². The number of amides is 2. The summed E-state index contributed by atoms with van der Waals surface area (Å²) in [5.41, 5.74) is 15.5. The van der Waals surface area contributed by atoms with E-state index in [1.165, 1.54) is 12.2 Å². The number of carbonyl (C=O) groups excluding carboxylic acids is 4. The van der Waals surface area contributed by atoms with E-state index in [9.17, 15) is 30.2 Å². The number of aromatic amines is 2. The second kappa shape index (κ2) is 34.1. The van der Waals surface area contributed by atoms with Gasteiger partial charge in [-0.2, -0.15) is 5.26 Å². The molecule has 125 heavy (non-hydrogen) atoms. The van der Waals surface area contributed by atoms with E-state index < -0.39 is 70.7 Å². The number of aryl methyl sites for hydroxylation is 2. The molecule has 0 aliphatic carbocycles. The van der Waals surface area contributed by atoms with E-state index in [1.807, 2.05) is 71.1 Å². The third-order valence-electron chi connectivity index (χ3n) is 27.5. The molecule has 665 valence electrons. The Kier molecular flexibility index (Phi) is 24.0. The minimum absolute atomic E-state index is 0. The Morgan fingerprint density at radius 3 is 1.47 bits per heavy atom. The van der Waals surface area contributed by atoms with Crippen LogP contribution in [0.15, 0.2) is 86.0 Å². The SMILES string of the molecule is C.C=CCOC(=O)NC[C@H]1Cc2c([nH]c3ccccc23)[C@@]2(CS[C@@H]3c4c(C)c(C)c5c(c4[C@H](COC2=O)N2[C@@H]3[C@H]3c4c(cc(C)c(OC)c4O)C[C@@H]([C@@H]2C#N)N3C)OCO5)N1.C=CCOC(=O)NC[C@H]1Cc2c([nH]c3ccccc23)[C@@]2(CS[C@@H]3c4c(C)c(C)c5c(c4[C@H](COC2=O)N2[C@@H]3[C@H]3c4c(cc(C)c(OC)c4O)C[C@@H]([C@@H]2O)N3C)OCO5)N1.O=[N+]([O-])O.[Ag]. The average molecular weight is 1840 g/mol. The zero-order valence-electron chi connectivity index (χ0n) is 69.9. The predicted octanol–water partition coefficient (Wildman–Crippen LogP) is 10.5. The summed E-state index contributed by atoms with van der Waals surface area (Å²) in [4.78, 5) is 80.3. The number of ether oxygens (including phenoxy) is 10. The van der Waals surface area contributed by atoms with Gasteiger partial charge in [-0.3, -0.25) is 30.2 Å². The van der Waals surface area contributed by atoms with Crippen molar-refractivity contribution in [3.05, 3.63) is 196 Å². The minimum atomic E-state index is -1.50. The van der Waals surface area contributed by atoms with Crippen molar-refractivity contribution < 1.29 is 115 Å². The molecule has 2 spiro atoms. The molecule has 16 atom stereocenters. The summed E-state index contributed by atoms with van der Waals surface area (Å²) in [6, 6.07) is 18.2. The molecule has 2 amide bonds. The number of methoxy groups -OCH3 is 2. The number of rotatable bonds is 10. The summed E-state index contributed by atoms with van der Waals surface area (Å²) in [6.45, 7) is 19.9. The van der Waals surface area contributed by atoms with Gasteiger partial charge < -0.3 is 88.5 Å². The van der Waals surface area contributed by atoms with Crippen molar-refractivity contribution in [2.45, 2.75) is 169 Å². The summed E-state index contributed by atoms with van der Waals surface area (Å²) in [5.74, 6) is 3.17. The van der Waals surface area contributed by atoms with Gasteiger partial charge in [0, 0.05) is 132 Å². The van der Waals surface area contributed by atoms with Crippen LogP contribution in [-0.2, 0) is 87.7 Å². The molecule has 8 aromatic rings. The van der Waals surface area contributed by atoms with Gasteiger partial charge in [-0.15, -0.1) is 33.6 Å². The number of aromatic hydroxyl groups is 2. The maximum absolute atomic E-state index is 15.3. The Morgan fingerprint density at radius 1 is 0.632 bits per heavy atom. The first-order valence-electron chi connectivity index (χ1n) is 41.1. The van der Waals surface area contributed by atoms with Gasteiger partial charge in [0.25, 0.3) is 5.09 Å². The normalized spacial score (nSPS) is 27.8. The number of piperazine rings is 2. The average Bonchev–Trinajstić information content (AvgIpc) is 0.882. The summed E-state index contributed by atoms with van der Waals surface area (Å²) in [7, 11) is 7.23. The molecular weight excluding hydrogens is 1740 g/mol. The predicted molar refractivity (Wildman–Crippen MR) is 459 cm³/mol.